The van der Waals surface area contributed by atoms with Crippen molar-refractivity contribution >= 4 is 34.2 Å². The highest BCUT2D eigenvalue weighted by Crippen LogP contribution is 2.39. The van der Waals surface area contributed by atoms with Gasteiger partial charge in [-0.1, -0.05) is 47.5 Å². The summed E-state index contributed by atoms with van der Waals surface area (Å²) in [6, 6.07) is 12.1. The van der Waals surface area contributed by atoms with E-state index in [1.54, 1.807) is 0 Å². The highest BCUT2D eigenvalue weighted by molar-refractivity contribution is 6.42. The molecule has 1 aliphatic rings. The fourth-order valence-electron chi connectivity index (χ4n) is 2.69. The van der Waals surface area contributed by atoms with Gasteiger partial charge in [-0.3, -0.25) is 0 Å². The highest BCUT2D eigenvalue weighted by atomic mass is 35.5. The molecule has 0 aliphatic heterocycles. The standard InChI is InChI=1S/C15H10Cl2N2/c16-11-6-13-14(7-12(11)17)19-15(18-13)10-5-8-3-1-2-4-9(8)10/h1-4,6-7,10H,5H2,(H,18,19). The number of hydrogen-bond donors (Lipinski definition) is 1. The van der Waals surface area contributed by atoms with Crippen molar-refractivity contribution < 1.29 is 0 Å². The first-order valence-corrected chi connectivity index (χ1v) is 6.90. The van der Waals surface area contributed by atoms with Gasteiger partial charge in [0, 0.05) is 5.92 Å². The maximum atomic E-state index is 6.03. The maximum absolute atomic E-state index is 6.03. The average molecular weight is 289 g/mol. The molecule has 4 heteroatoms. The zero-order valence-electron chi connectivity index (χ0n) is 9.95. The van der Waals surface area contributed by atoms with Gasteiger partial charge in [-0.25, -0.2) is 4.98 Å². The van der Waals surface area contributed by atoms with Crippen molar-refractivity contribution in [1.29, 1.82) is 0 Å². The van der Waals surface area contributed by atoms with E-state index >= 15 is 0 Å². The van der Waals surface area contributed by atoms with Crippen molar-refractivity contribution in [3.63, 3.8) is 0 Å². The van der Waals surface area contributed by atoms with Crippen LogP contribution < -0.4 is 0 Å². The number of nitrogens with one attached hydrogen (secondary N) is 1. The molecule has 0 saturated carbocycles. The first kappa shape index (κ1) is 11.3. The third-order valence-corrected chi connectivity index (χ3v) is 4.45. The van der Waals surface area contributed by atoms with Gasteiger partial charge in [0.2, 0.25) is 0 Å². The molecule has 0 bridgehead atoms. The molecule has 1 atom stereocenters. The number of halogens is 2. The summed E-state index contributed by atoms with van der Waals surface area (Å²) in [6.07, 6.45) is 1.04. The summed E-state index contributed by atoms with van der Waals surface area (Å²) in [7, 11) is 0. The van der Waals surface area contributed by atoms with Crippen LogP contribution in [0, 0.1) is 0 Å². The van der Waals surface area contributed by atoms with Crippen LogP contribution in [-0.2, 0) is 6.42 Å². The largest absolute Gasteiger partial charge is 0.341 e. The van der Waals surface area contributed by atoms with Gasteiger partial charge in [0.25, 0.3) is 0 Å². The molecule has 0 fully saturated rings. The van der Waals surface area contributed by atoms with Crippen LogP contribution in [0.3, 0.4) is 0 Å². The van der Waals surface area contributed by atoms with Crippen LogP contribution in [0.4, 0.5) is 0 Å². The Morgan fingerprint density at radius 3 is 2.74 bits per heavy atom. The lowest BCUT2D eigenvalue weighted by Crippen LogP contribution is -2.18. The summed E-state index contributed by atoms with van der Waals surface area (Å²) in [5.41, 5.74) is 4.57. The number of nitrogens with zero attached hydrogens (tertiary/aromatic N) is 1. The minimum Gasteiger partial charge on any atom is -0.341 e. The molecular weight excluding hydrogens is 279 g/mol. The molecule has 4 rings (SSSR count). The zero-order valence-corrected chi connectivity index (χ0v) is 11.5. The van der Waals surface area contributed by atoms with Crippen molar-refractivity contribution in [2.75, 3.05) is 0 Å². The van der Waals surface area contributed by atoms with Crippen LogP contribution in [0.1, 0.15) is 22.9 Å². The fraction of sp³-hybridized carbons (Fsp3) is 0.133. The SMILES string of the molecule is Clc1cc2nc(C3Cc4ccccc43)[nH]c2cc1Cl. The molecule has 2 aromatic carbocycles. The Morgan fingerprint density at radius 1 is 1.11 bits per heavy atom. The maximum Gasteiger partial charge on any atom is 0.115 e. The lowest BCUT2D eigenvalue weighted by atomic mass is 9.77. The number of fused-ring (bicyclic) bond motifs is 2. The van der Waals surface area contributed by atoms with E-state index in [-0.39, 0.29) is 0 Å². The van der Waals surface area contributed by atoms with E-state index in [1.165, 1.54) is 11.1 Å². The lowest BCUT2D eigenvalue weighted by Gasteiger charge is -2.28. The van der Waals surface area contributed by atoms with Gasteiger partial charge < -0.3 is 4.98 Å². The molecule has 0 radical (unpaired) electrons. The minimum absolute atomic E-state index is 0.362. The average Bonchev–Trinajstić information content (AvgIpc) is 2.74. The number of hydrogen-bond acceptors (Lipinski definition) is 1. The zero-order chi connectivity index (χ0) is 13.0. The first-order valence-electron chi connectivity index (χ1n) is 6.15. The van der Waals surface area contributed by atoms with Gasteiger partial charge in [-0.15, -0.1) is 0 Å². The molecule has 0 spiro atoms. The van der Waals surface area contributed by atoms with Crippen molar-refractivity contribution in [3.05, 3.63) is 63.4 Å². The Morgan fingerprint density at radius 2 is 1.89 bits per heavy atom. The van der Waals surface area contributed by atoms with E-state index in [4.69, 9.17) is 23.2 Å². The lowest BCUT2D eigenvalue weighted by molar-refractivity contribution is 0.671. The highest BCUT2D eigenvalue weighted by Gasteiger charge is 2.29. The molecule has 1 unspecified atom stereocenters. The van der Waals surface area contributed by atoms with E-state index in [0.717, 1.165) is 23.3 Å². The number of H-pyrrole nitrogens is 1. The van der Waals surface area contributed by atoms with E-state index in [1.807, 2.05) is 12.1 Å². The normalized spacial score (nSPS) is 17.3. The third kappa shape index (κ3) is 1.67. The number of imidazole rings is 1. The van der Waals surface area contributed by atoms with Gasteiger partial charge in [-0.2, -0.15) is 0 Å². The minimum atomic E-state index is 0.362. The van der Waals surface area contributed by atoms with Crippen LogP contribution in [0.15, 0.2) is 36.4 Å². The van der Waals surface area contributed by atoms with Gasteiger partial charge >= 0.3 is 0 Å². The topological polar surface area (TPSA) is 28.7 Å². The molecule has 1 aromatic heterocycles. The molecule has 19 heavy (non-hydrogen) atoms. The van der Waals surface area contributed by atoms with Crippen molar-refractivity contribution in [1.82, 2.24) is 9.97 Å². The Balaban J connectivity index is 1.82. The number of aromatic nitrogens is 2. The predicted molar refractivity (Wildman–Crippen MR) is 78.1 cm³/mol. The van der Waals surface area contributed by atoms with Crippen LogP contribution in [0.25, 0.3) is 11.0 Å². The van der Waals surface area contributed by atoms with Crippen molar-refractivity contribution in [2.45, 2.75) is 12.3 Å². The number of aromatic amines is 1. The Bertz CT molecular complexity index is 753. The van der Waals surface area contributed by atoms with Crippen LogP contribution in [0.5, 0.6) is 0 Å². The molecule has 0 saturated heterocycles. The molecule has 94 valence electrons. The summed E-state index contributed by atoms with van der Waals surface area (Å²) < 4.78 is 0. The second kappa shape index (κ2) is 3.99. The van der Waals surface area contributed by atoms with Crippen molar-refractivity contribution in [3.8, 4) is 0 Å². The Labute approximate surface area is 120 Å². The Kier molecular flexibility index (Phi) is 2.38. The summed E-state index contributed by atoms with van der Waals surface area (Å²) in [5.74, 6) is 1.35. The summed E-state index contributed by atoms with van der Waals surface area (Å²) in [5, 5.41) is 1.10. The van der Waals surface area contributed by atoms with Gasteiger partial charge in [0.15, 0.2) is 0 Å². The van der Waals surface area contributed by atoms with Gasteiger partial charge in [0.1, 0.15) is 5.82 Å². The van der Waals surface area contributed by atoms with Gasteiger partial charge in [0.05, 0.1) is 21.1 Å². The number of rotatable bonds is 1. The Hall–Kier alpha value is -1.51. The molecule has 1 aliphatic carbocycles. The van der Waals surface area contributed by atoms with E-state index in [2.05, 4.69) is 34.2 Å². The van der Waals surface area contributed by atoms with E-state index < -0.39 is 0 Å². The number of benzene rings is 2. The molecule has 0 amide bonds. The van der Waals surface area contributed by atoms with Gasteiger partial charge in [-0.05, 0) is 29.7 Å². The van der Waals surface area contributed by atoms with E-state index in [0.29, 0.717) is 16.0 Å². The summed E-state index contributed by atoms with van der Waals surface area (Å²) in [6.45, 7) is 0. The van der Waals surface area contributed by atoms with Crippen molar-refractivity contribution in [2.24, 2.45) is 0 Å². The second-order valence-corrected chi connectivity index (χ2v) is 5.68. The van der Waals surface area contributed by atoms with Crippen LogP contribution >= 0.6 is 23.2 Å². The van der Waals surface area contributed by atoms with E-state index in [9.17, 15) is 0 Å². The smallest absolute Gasteiger partial charge is 0.115 e. The first-order chi connectivity index (χ1) is 9.22. The van der Waals surface area contributed by atoms with Crippen LogP contribution in [-0.4, -0.2) is 9.97 Å². The predicted octanol–water partition coefficient (Wildman–Crippen LogP) is 4.56. The molecule has 1 N–H and O–H groups in total. The third-order valence-electron chi connectivity index (χ3n) is 3.73. The quantitative estimate of drug-likeness (QED) is 0.699. The summed E-state index contributed by atoms with van der Waals surface area (Å²) >= 11 is 12.0. The molecule has 2 nitrogen and oxygen atoms in total. The summed E-state index contributed by atoms with van der Waals surface area (Å²) in [4.78, 5) is 7.99. The fourth-order valence-corrected chi connectivity index (χ4v) is 3.01. The molecule has 3 aromatic rings. The molecular formula is C15H10Cl2N2. The second-order valence-electron chi connectivity index (χ2n) is 4.86. The molecule has 1 heterocycles. The van der Waals surface area contributed by atoms with Crippen LogP contribution in [0.2, 0.25) is 10.0 Å². The monoisotopic (exact) mass is 288 g/mol.